The van der Waals surface area contributed by atoms with Crippen LogP contribution in [0.15, 0.2) is 11.6 Å². The first kappa shape index (κ1) is 15.8. The summed E-state index contributed by atoms with van der Waals surface area (Å²) >= 11 is 0. The fourth-order valence-corrected chi connectivity index (χ4v) is 2.58. The normalized spacial score (nSPS) is 21.1. The van der Waals surface area contributed by atoms with Gasteiger partial charge in [-0.25, -0.2) is 0 Å². The van der Waals surface area contributed by atoms with E-state index in [1.807, 2.05) is 0 Å². The van der Waals surface area contributed by atoms with Crippen molar-refractivity contribution in [3.05, 3.63) is 11.6 Å². The zero-order chi connectivity index (χ0) is 14.4. The van der Waals surface area contributed by atoms with Gasteiger partial charge in [0.05, 0.1) is 0 Å². The maximum atomic E-state index is 12.5. The van der Waals surface area contributed by atoms with Gasteiger partial charge >= 0.3 is 6.18 Å². The Kier molecular flexibility index (Phi) is 5.90. The van der Waals surface area contributed by atoms with Gasteiger partial charge in [0.25, 0.3) is 0 Å². The third kappa shape index (κ3) is 5.83. The molecule has 0 spiro atoms. The number of halogens is 3. The van der Waals surface area contributed by atoms with E-state index in [1.54, 1.807) is 0 Å². The average Bonchev–Trinajstić information content (AvgIpc) is 3.21. The van der Waals surface area contributed by atoms with Crippen molar-refractivity contribution in [2.75, 3.05) is 26.2 Å². The largest absolute Gasteiger partial charge is 0.412 e. The summed E-state index contributed by atoms with van der Waals surface area (Å²) in [6, 6.07) is 0.790. The van der Waals surface area contributed by atoms with E-state index in [0.717, 1.165) is 25.6 Å². The van der Waals surface area contributed by atoms with Gasteiger partial charge in [0.15, 0.2) is 0 Å². The van der Waals surface area contributed by atoms with E-state index >= 15 is 0 Å². The van der Waals surface area contributed by atoms with Crippen molar-refractivity contribution in [3.8, 4) is 0 Å². The Hall–Kier alpha value is -0.550. The number of unbranched alkanes of at least 4 members (excludes halogenated alkanes) is 3. The Bertz CT molecular complexity index is 322. The molecule has 1 heterocycles. The van der Waals surface area contributed by atoms with Crippen molar-refractivity contribution in [1.82, 2.24) is 10.2 Å². The smallest absolute Gasteiger partial charge is 0.314 e. The first-order valence-electron chi connectivity index (χ1n) is 7.77. The summed E-state index contributed by atoms with van der Waals surface area (Å²) in [5.74, 6) is 0. The molecule has 1 N–H and O–H groups in total. The van der Waals surface area contributed by atoms with E-state index in [1.165, 1.54) is 38.2 Å². The molecule has 0 atom stereocenters. The van der Waals surface area contributed by atoms with Crippen LogP contribution in [0.5, 0.6) is 0 Å². The van der Waals surface area contributed by atoms with E-state index < -0.39 is 6.18 Å². The molecule has 0 bridgehead atoms. The second kappa shape index (κ2) is 7.46. The quantitative estimate of drug-likeness (QED) is 0.544. The number of hydrogen-bond donors (Lipinski definition) is 1. The Morgan fingerprint density at radius 1 is 1.15 bits per heavy atom. The minimum atomic E-state index is -4.12. The maximum Gasteiger partial charge on any atom is 0.412 e. The molecule has 0 unspecified atom stereocenters. The Labute approximate surface area is 119 Å². The first-order valence-corrected chi connectivity index (χ1v) is 7.77. The maximum absolute atomic E-state index is 12.5. The van der Waals surface area contributed by atoms with Gasteiger partial charge in [-0.15, -0.1) is 0 Å². The lowest BCUT2D eigenvalue weighted by atomic mass is 10.1. The molecule has 116 valence electrons. The SMILES string of the molecule is FC(F)(F)C1=CCN(CCCCCCNC2CC2)CC1. The highest BCUT2D eigenvalue weighted by molar-refractivity contribution is 5.12. The molecule has 2 nitrogen and oxygen atoms in total. The van der Waals surface area contributed by atoms with E-state index in [2.05, 4.69) is 10.2 Å². The molecule has 0 aromatic heterocycles. The number of nitrogens with zero attached hydrogens (tertiary/aromatic N) is 1. The summed E-state index contributed by atoms with van der Waals surface area (Å²) < 4.78 is 37.4. The van der Waals surface area contributed by atoms with E-state index in [0.29, 0.717) is 13.1 Å². The second-order valence-corrected chi connectivity index (χ2v) is 5.92. The molecular formula is C15H25F3N2. The van der Waals surface area contributed by atoms with E-state index in [4.69, 9.17) is 0 Å². The molecule has 1 aliphatic carbocycles. The van der Waals surface area contributed by atoms with Crippen LogP contribution in [-0.4, -0.2) is 43.3 Å². The Morgan fingerprint density at radius 3 is 2.50 bits per heavy atom. The van der Waals surface area contributed by atoms with Crippen LogP contribution in [-0.2, 0) is 0 Å². The van der Waals surface area contributed by atoms with Crippen LogP contribution in [0.1, 0.15) is 44.9 Å². The van der Waals surface area contributed by atoms with Crippen LogP contribution >= 0.6 is 0 Å². The van der Waals surface area contributed by atoms with E-state index in [-0.39, 0.29) is 12.0 Å². The summed E-state index contributed by atoms with van der Waals surface area (Å²) in [7, 11) is 0. The Morgan fingerprint density at radius 2 is 1.90 bits per heavy atom. The molecular weight excluding hydrogens is 265 g/mol. The minimum Gasteiger partial charge on any atom is -0.314 e. The summed E-state index contributed by atoms with van der Waals surface area (Å²) in [6.07, 6.45) is 4.76. The third-order valence-corrected chi connectivity index (χ3v) is 4.07. The third-order valence-electron chi connectivity index (χ3n) is 4.07. The Balaban J connectivity index is 1.47. The first-order chi connectivity index (χ1) is 9.55. The number of nitrogens with one attached hydrogen (secondary N) is 1. The number of alkyl halides is 3. The second-order valence-electron chi connectivity index (χ2n) is 5.92. The van der Waals surface area contributed by atoms with Crippen LogP contribution in [0.3, 0.4) is 0 Å². The van der Waals surface area contributed by atoms with Crippen molar-refractivity contribution < 1.29 is 13.2 Å². The van der Waals surface area contributed by atoms with Crippen LogP contribution in [0.2, 0.25) is 0 Å². The number of rotatable bonds is 8. The van der Waals surface area contributed by atoms with Crippen molar-refractivity contribution in [2.24, 2.45) is 0 Å². The molecule has 0 saturated heterocycles. The monoisotopic (exact) mass is 290 g/mol. The van der Waals surface area contributed by atoms with Crippen LogP contribution in [0, 0.1) is 0 Å². The molecule has 1 saturated carbocycles. The van der Waals surface area contributed by atoms with Gasteiger partial charge in [-0.1, -0.05) is 18.9 Å². The van der Waals surface area contributed by atoms with Gasteiger partial charge < -0.3 is 5.32 Å². The highest BCUT2D eigenvalue weighted by Crippen LogP contribution is 2.30. The average molecular weight is 290 g/mol. The lowest BCUT2D eigenvalue weighted by Gasteiger charge is -2.27. The van der Waals surface area contributed by atoms with Crippen molar-refractivity contribution in [1.29, 1.82) is 0 Å². The lowest BCUT2D eigenvalue weighted by Crippen LogP contribution is -2.32. The fraction of sp³-hybridized carbons (Fsp3) is 0.867. The summed E-state index contributed by atoms with van der Waals surface area (Å²) in [6.45, 7) is 3.05. The van der Waals surface area contributed by atoms with Crippen molar-refractivity contribution in [2.45, 2.75) is 57.2 Å². The molecule has 1 fully saturated rings. The fourth-order valence-electron chi connectivity index (χ4n) is 2.58. The predicted octanol–water partition coefficient (Wildman–Crippen LogP) is 3.49. The summed E-state index contributed by atoms with van der Waals surface area (Å²) in [5.41, 5.74) is -0.347. The standard InChI is InChI=1S/C15H25F3N2/c16-15(17,18)13-7-11-20(12-8-13)10-4-2-1-3-9-19-14-5-6-14/h7,14,19H,1-6,8-12H2. The summed E-state index contributed by atoms with van der Waals surface area (Å²) in [4.78, 5) is 2.12. The zero-order valence-corrected chi connectivity index (χ0v) is 12.0. The number of hydrogen-bond acceptors (Lipinski definition) is 2. The predicted molar refractivity (Wildman–Crippen MR) is 74.7 cm³/mol. The molecule has 2 aliphatic rings. The summed E-state index contributed by atoms with van der Waals surface area (Å²) in [5, 5.41) is 3.49. The van der Waals surface area contributed by atoms with Gasteiger partial charge in [-0.3, -0.25) is 4.90 Å². The van der Waals surface area contributed by atoms with Gasteiger partial charge in [-0.2, -0.15) is 13.2 Å². The molecule has 2 rings (SSSR count). The van der Waals surface area contributed by atoms with Crippen molar-refractivity contribution in [3.63, 3.8) is 0 Å². The molecule has 20 heavy (non-hydrogen) atoms. The minimum absolute atomic E-state index is 0.148. The molecule has 5 heteroatoms. The van der Waals surface area contributed by atoms with Crippen molar-refractivity contribution >= 4 is 0 Å². The van der Waals surface area contributed by atoms with E-state index in [9.17, 15) is 13.2 Å². The van der Waals surface area contributed by atoms with Crippen LogP contribution in [0.4, 0.5) is 13.2 Å². The molecule has 0 aromatic carbocycles. The molecule has 1 aliphatic heterocycles. The highest BCUT2D eigenvalue weighted by atomic mass is 19.4. The molecule has 0 aromatic rings. The lowest BCUT2D eigenvalue weighted by molar-refractivity contribution is -0.0960. The zero-order valence-electron chi connectivity index (χ0n) is 12.0. The topological polar surface area (TPSA) is 15.3 Å². The van der Waals surface area contributed by atoms with Gasteiger partial charge in [0, 0.05) is 24.7 Å². The van der Waals surface area contributed by atoms with Gasteiger partial charge in [0.2, 0.25) is 0 Å². The van der Waals surface area contributed by atoms with Crippen LogP contribution in [0.25, 0.3) is 0 Å². The van der Waals surface area contributed by atoms with Gasteiger partial charge in [0.1, 0.15) is 0 Å². The molecule has 0 amide bonds. The highest BCUT2D eigenvalue weighted by Gasteiger charge is 2.34. The molecule has 0 radical (unpaired) electrons. The van der Waals surface area contributed by atoms with Gasteiger partial charge in [-0.05, 0) is 45.2 Å². The van der Waals surface area contributed by atoms with Crippen LogP contribution < -0.4 is 5.32 Å².